The highest BCUT2D eigenvalue weighted by Crippen LogP contribution is 2.30. The second-order valence-corrected chi connectivity index (χ2v) is 7.34. The number of nitrogens with one attached hydrogen (secondary N) is 1. The molecule has 146 valence electrons. The Balaban J connectivity index is 1.74. The molecule has 0 spiro atoms. The van der Waals surface area contributed by atoms with E-state index in [4.69, 9.17) is 16.0 Å². The van der Waals surface area contributed by atoms with Gasteiger partial charge in [-0.05, 0) is 66.9 Å². The first-order valence-electron chi connectivity index (χ1n) is 9.18. The predicted octanol–water partition coefficient (Wildman–Crippen LogP) is 6.35. The Bertz CT molecular complexity index is 1140. The summed E-state index contributed by atoms with van der Waals surface area (Å²) in [6.45, 7) is 4.07. The molecule has 0 unspecified atom stereocenters. The van der Waals surface area contributed by atoms with Crippen molar-refractivity contribution in [3.63, 3.8) is 0 Å². The van der Waals surface area contributed by atoms with Gasteiger partial charge >= 0.3 is 0 Å². The lowest BCUT2D eigenvalue weighted by Gasteiger charge is -2.19. The molecule has 4 rings (SSSR count). The predicted molar refractivity (Wildman–Crippen MR) is 113 cm³/mol. The van der Waals surface area contributed by atoms with Gasteiger partial charge in [0.05, 0.1) is 0 Å². The lowest BCUT2D eigenvalue weighted by molar-refractivity contribution is 0.493. The zero-order valence-electron chi connectivity index (χ0n) is 16.0. The summed E-state index contributed by atoms with van der Waals surface area (Å²) >= 11 is 6.06. The Labute approximate surface area is 173 Å². The summed E-state index contributed by atoms with van der Waals surface area (Å²) in [5.74, 6) is 0.290. The van der Waals surface area contributed by atoms with Gasteiger partial charge in [0, 0.05) is 16.3 Å². The van der Waals surface area contributed by atoms with Crippen LogP contribution >= 0.6 is 11.6 Å². The number of nitrogens with zero attached hydrogens (tertiary/aromatic N) is 2. The Morgan fingerprint density at radius 2 is 1.76 bits per heavy atom. The number of halogens is 2. The minimum atomic E-state index is -0.387. The average molecular weight is 408 g/mol. The lowest BCUT2D eigenvalue weighted by atomic mass is 10.0. The summed E-state index contributed by atoms with van der Waals surface area (Å²) < 4.78 is 19.5. The third-order valence-corrected chi connectivity index (χ3v) is 4.91. The van der Waals surface area contributed by atoms with Crippen LogP contribution in [0.15, 0.2) is 71.1 Å². The monoisotopic (exact) mass is 407 g/mol. The van der Waals surface area contributed by atoms with Crippen LogP contribution in [-0.4, -0.2) is 10.2 Å². The summed E-state index contributed by atoms with van der Waals surface area (Å²) in [6.07, 6.45) is 0. The van der Waals surface area contributed by atoms with E-state index in [0.29, 0.717) is 16.5 Å². The molecule has 0 aliphatic rings. The second kappa shape index (κ2) is 8.05. The SMILES string of the molecule is Cc1ccc(C)c(N[C@H](c2ccc(Cl)cc2)c2nnc(-c3cccc(F)c3)o2)c1. The maximum Gasteiger partial charge on any atom is 0.247 e. The number of benzene rings is 3. The largest absolute Gasteiger partial charge is 0.418 e. The molecule has 1 atom stereocenters. The molecule has 0 radical (unpaired) electrons. The number of rotatable bonds is 5. The van der Waals surface area contributed by atoms with Gasteiger partial charge < -0.3 is 9.73 Å². The van der Waals surface area contributed by atoms with Crippen LogP contribution in [0.5, 0.6) is 0 Å². The van der Waals surface area contributed by atoms with Gasteiger partial charge in [-0.15, -0.1) is 10.2 Å². The number of aryl methyl sites for hydroxylation is 2. The van der Waals surface area contributed by atoms with E-state index in [-0.39, 0.29) is 17.7 Å². The number of hydrogen-bond acceptors (Lipinski definition) is 4. The van der Waals surface area contributed by atoms with Gasteiger partial charge in [-0.1, -0.05) is 41.9 Å². The van der Waals surface area contributed by atoms with Gasteiger partial charge in [0.2, 0.25) is 11.8 Å². The smallest absolute Gasteiger partial charge is 0.247 e. The molecule has 3 aromatic carbocycles. The lowest BCUT2D eigenvalue weighted by Crippen LogP contribution is -2.13. The molecule has 0 aliphatic heterocycles. The number of hydrogen-bond donors (Lipinski definition) is 1. The second-order valence-electron chi connectivity index (χ2n) is 6.90. The zero-order chi connectivity index (χ0) is 20.4. The van der Waals surface area contributed by atoms with Crippen LogP contribution in [0.4, 0.5) is 10.1 Å². The summed E-state index contributed by atoms with van der Waals surface area (Å²) in [5.41, 5.74) is 4.66. The van der Waals surface area contributed by atoms with E-state index < -0.39 is 0 Å². The van der Waals surface area contributed by atoms with E-state index in [1.165, 1.54) is 12.1 Å². The molecule has 0 aliphatic carbocycles. The standard InChI is InChI=1S/C23H19ClFN3O/c1-14-6-7-15(2)20(12-14)26-21(16-8-10-18(24)11-9-16)23-28-27-22(29-23)17-4-3-5-19(25)13-17/h3-13,21,26H,1-2H3/t21-/m1/s1. The molecule has 1 N–H and O–H groups in total. The number of anilines is 1. The third kappa shape index (κ3) is 4.30. The fourth-order valence-corrected chi connectivity index (χ4v) is 3.21. The molecule has 1 heterocycles. The highest BCUT2D eigenvalue weighted by Gasteiger charge is 2.22. The fraction of sp³-hybridized carbons (Fsp3) is 0.130. The van der Waals surface area contributed by atoms with E-state index in [9.17, 15) is 4.39 Å². The van der Waals surface area contributed by atoms with E-state index >= 15 is 0 Å². The molecule has 0 fully saturated rings. The summed E-state index contributed by atoms with van der Waals surface area (Å²) in [5, 5.41) is 12.5. The van der Waals surface area contributed by atoms with Gasteiger partial charge in [-0.3, -0.25) is 0 Å². The summed E-state index contributed by atoms with van der Waals surface area (Å²) in [6, 6.07) is 19.4. The third-order valence-electron chi connectivity index (χ3n) is 4.66. The Kier molecular flexibility index (Phi) is 5.32. The molecule has 4 aromatic rings. The zero-order valence-corrected chi connectivity index (χ0v) is 16.7. The number of aromatic nitrogens is 2. The summed E-state index contributed by atoms with van der Waals surface area (Å²) in [4.78, 5) is 0. The highest BCUT2D eigenvalue weighted by atomic mass is 35.5. The first kappa shape index (κ1) is 19.2. The minimum Gasteiger partial charge on any atom is -0.418 e. The first-order chi connectivity index (χ1) is 14.0. The maximum atomic E-state index is 13.6. The fourth-order valence-electron chi connectivity index (χ4n) is 3.08. The highest BCUT2D eigenvalue weighted by molar-refractivity contribution is 6.30. The van der Waals surface area contributed by atoms with E-state index in [2.05, 4.69) is 33.7 Å². The van der Waals surface area contributed by atoms with Crippen molar-refractivity contribution >= 4 is 17.3 Å². The van der Waals surface area contributed by atoms with Crippen LogP contribution in [0, 0.1) is 19.7 Å². The van der Waals surface area contributed by atoms with Crippen LogP contribution < -0.4 is 5.32 Å². The van der Waals surface area contributed by atoms with Gasteiger partial charge in [0.15, 0.2) is 0 Å². The van der Waals surface area contributed by atoms with Crippen molar-refractivity contribution in [3.8, 4) is 11.5 Å². The van der Waals surface area contributed by atoms with Crippen LogP contribution in [0.3, 0.4) is 0 Å². The molecular formula is C23H19ClFN3O. The maximum absolute atomic E-state index is 13.6. The molecule has 1 aromatic heterocycles. The average Bonchev–Trinajstić information content (AvgIpc) is 3.19. The van der Waals surface area contributed by atoms with Gasteiger partial charge in [-0.2, -0.15) is 0 Å². The van der Waals surface area contributed by atoms with Gasteiger partial charge in [-0.25, -0.2) is 4.39 Å². The van der Waals surface area contributed by atoms with Crippen LogP contribution in [-0.2, 0) is 0 Å². The van der Waals surface area contributed by atoms with E-state index in [1.54, 1.807) is 12.1 Å². The molecule has 0 amide bonds. The Morgan fingerprint density at radius 1 is 0.966 bits per heavy atom. The normalized spacial score (nSPS) is 12.0. The Morgan fingerprint density at radius 3 is 2.52 bits per heavy atom. The van der Waals surface area contributed by atoms with Crippen molar-refractivity contribution in [1.82, 2.24) is 10.2 Å². The first-order valence-corrected chi connectivity index (χ1v) is 9.56. The topological polar surface area (TPSA) is 51.0 Å². The van der Waals surface area contributed by atoms with Crippen LogP contribution in [0.2, 0.25) is 5.02 Å². The van der Waals surface area contributed by atoms with Crippen molar-refractivity contribution in [2.75, 3.05) is 5.32 Å². The van der Waals surface area contributed by atoms with E-state index in [0.717, 1.165) is 22.4 Å². The minimum absolute atomic E-state index is 0.265. The van der Waals surface area contributed by atoms with Crippen LogP contribution in [0.25, 0.3) is 11.5 Å². The van der Waals surface area contributed by atoms with Gasteiger partial charge in [0.25, 0.3) is 0 Å². The van der Waals surface area contributed by atoms with Crippen molar-refractivity contribution in [2.45, 2.75) is 19.9 Å². The van der Waals surface area contributed by atoms with Crippen molar-refractivity contribution in [2.24, 2.45) is 0 Å². The van der Waals surface area contributed by atoms with E-state index in [1.807, 2.05) is 38.1 Å². The Hall–Kier alpha value is -3.18. The van der Waals surface area contributed by atoms with Gasteiger partial charge in [0.1, 0.15) is 11.9 Å². The van der Waals surface area contributed by atoms with Crippen molar-refractivity contribution < 1.29 is 8.81 Å². The molecule has 0 saturated carbocycles. The van der Waals surface area contributed by atoms with Crippen LogP contribution in [0.1, 0.15) is 28.6 Å². The summed E-state index contributed by atoms with van der Waals surface area (Å²) in [7, 11) is 0. The molecule has 0 bridgehead atoms. The molecule has 6 heteroatoms. The van der Waals surface area contributed by atoms with Crippen molar-refractivity contribution in [1.29, 1.82) is 0 Å². The molecular weight excluding hydrogens is 389 g/mol. The molecule has 29 heavy (non-hydrogen) atoms. The quantitative estimate of drug-likeness (QED) is 0.419. The molecule has 4 nitrogen and oxygen atoms in total. The molecule has 0 saturated heterocycles. The van der Waals surface area contributed by atoms with Crippen molar-refractivity contribution in [3.05, 3.63) is 100 Å².